The number of amides is 1. The summed E-state index contributed by atoms with van der Waals surface area (Å²) in [6, 6.07) is 9.45. The lowest BCUT2D eigenvalue weighted by Gasteiger charge is -2.24. The third kappa shape index (κ3) is 4.52. The van der Waals surface area contributed by atoms with Gasteiger partial charge in [0.2, 0.25) is 5.91 Å². The van der Waals surface area contributed by atoms with E-state index in [1.54, 1.807) is 24.3 Å². The van der Waals surface area contributed by atoms with Gasteiger partial charge in [-0.25, -0.2) is 4.79 Å². The molecule has 2 aromatic carbocycles. The summed E-state index contributed by atoms with van der Waals surface area (Å²) in [7, 11) is 0. The van der Waals surface area contributed by atoms with Crippen LogP contribution in [0.25, 0.3) is 17.1 Å². The van der Waals surface area contributed by atoms with Gasteiger partial charge in [0, 0.05) is 31.3 Å². The molecule has 1 aromatic heterocycles. The van der Waals surface area contributed by atoms with Gasteiger partial charge in [0.1, 0.15) is 0 Å². The molecular formula is C20H21N5O4. The molecule has 3 aromatic rings. The lowest BCUT2D eigenvalue weighted by molar-refractivity contribution is -0.384. The molecule has 0 unspecified atom stereocenters. The van der Waals surface area contributed by atoms with Crippen LogP contribution in [-0.2, 0) is 4.79 Å². The molecule has 0 aliphatic carbocycles. The number of nitrogens with one attached hydrogen (secondary N) is 3. The molecule has 9 nitrogen and oxygen atoms in total. The van der Waals surface area contributed by atoms with Crippen LogP contribution in [0.5, 0.6) is 0 Å². The number of H-pyrrole nitrogens is 2. The Bertz CT molecular complexity index is 1120. The zero-order chi connectivity index (χ0) is 21.0. The predicted octanol–water partition coefficient (Wildman–Crippen LogP) is 3.26. The second kappa shape index (κ2) is 8.42. The van der Waals surface area contributed by atoms with E-state index >= 15 is 0 Å². The van der Waals surface area contributed by atoms with Gasteiger partial charge in [-0.15, -0.1) is 0 Å². The number of aromatic nitrogens is 2. The molecule has 0 spiro atoms. The lowest BCUT2D eigenvalue weighted by Crippen LogP contribution is -2.23. The Morgan fingerprint density at radius 1 is 1.14 bits per heavy atom. The second-order valence-electron chi connectivity index (χ2n) is 6.34. The van der Waals surface area contributed by atoms with Gasteiger partial charge < -0.3 is 20.2 Å². The minimum atomic E-state index is -0.476. The molecule has 0 atom stereocenters. The zero-order valence-corrected chi connectivity index (χ0v) is 16.1. The van der Waals surface area contributed by atoms with Crippen molar-refractivity contribution in [1.82, 2.24) is 9.97 Å². The highest BCUT2D eigenvalue weighted by molar-refractivity contribution is 6.05. The fourth-order valence-electron chi connectivity index (χ4n) is 3.05. The normalized spacial score (nSPS) is 11.1. The highest BCUT2D eigenvalue weighted by atomic mass is 16.6. The highest BCUT2D eigenvalue weighted by Gasteiger charge is 2.13. The van der Waals surface area contributed by atoms with Crippen molar-refractivity contribution in [3.05, 3.63) is 68.6 Å². The molecule has 0 bridgehead atoms. The summed E-state index contributed by atoms with van der Waals surface area (Å²) >= 11 is 0. The molecule has 0 aliphatic rings. The van der Waals surface area contributed by atoms with E-state index in [0.29, 0.717) is 22.3 Å². The summed E-state index contributed by atoms with van der Waals surface area (Å²) in [5.41, 5.74) is 2.98. The number of hydrogen-bond acceptors (Lipinski definition) is 5. The van der Waals surface area contributed by atoms with Crippen molar-refractivity contribution >= 4 is 40.1 Å². The first-order chi connectivity index (χ1) is 13.9. The number of nitro benzene ring substituents is 1. The molecule has 9 heteroatoms. The Morgan fingerprint density at radius 3 is 2.34 bits per heavy atom. The van der Waals surface area contributed by atoms with Gasteiger partial charge in [-0.1, -0.05) is 0 Å². The maximum absolute atomic E-state index is 12.4. The number of anilines is 2. The molecule has 0 saturated carbocycles. The second-order valence-corrected chi connectivity index (χ2v) is 6.34. The molecule has 0 saturated heterocycles. The minimum Gasteiger partial charge on any atom is -0.370 e. The first-order valence-corrected chi connectivity index (χ1v) is 9.15. The van der Waals surface area contributed by atoms with Crippen LogP contribution in [0.4, 0.5) is 17.1 Å². The van der Waals surface area contributed by atoms with Crippen molar-refractivity contribution < 1.29 is 9.72 Å². The van der Waals surface area contributed by atoms with E-state index in [9.17, 15) is 19.7 Å². The average molecular weight is 395 g/mol. The number of carbonyl (C=O) groups is 1. The predicted molar refractivity (Wildman–Crippen MR) is 113 cm³/mol. The monoisotopic (exact) mass is 395 g/mol. The van der Waals surface area contributed by atoms with E-state index in [-0.39, 0.29) is 17.3 Å². The van der Waals surface area contributed by atoms with Crippen LogP contribution >= 0.6 is 0 Å². The number of fused-ring (bicyclic) bond motifs is 1. The summed E-state index contributed by atoms with van der Waals surface area (Å²) in [5.74, 6) is -0.353. The first kappa shape index (κ1) is 19.9. The molecule has 1 amide bonds. The van der Waals surface area contributed by atoms with E-state index in [2.05, 4.69) is 20.2 Å². The lowest BCUT2D eigenvalue weighted by atomic mass is 10.2. The van der Waals surface area contributed by atoms with Gasteiger partial charge in [0.05, 0.1) is 27.3 Å². The number of aromatic amines is 2. The fraction of sp³-hybridized carbons (Fsp3) is 0.200. The Labute approximate surface area is 166 Å². The number of nitrogens with zero attached hydrogens (tertiary/aromatic N) is 2. The van der Waals surface area contributed by atoms with E-state index in [0.717, 1.165) is 18.8 Å². The third-order valence-corrected chi connectivity index (χ3v) is 4.53. The van der Waals surface area contributed by atoms with Crippen LogP contribution < -0.4 is 15.9 Å². The molecule has 29 heavy (non-hydrogen) atoms. The summed E-state index contributed by atoms with van der Waals surface area (Å²) in [5, 5.41) is 13.6. The molecule has 3 N–H and O–H groups in total. The maximum atomic E-state index is 12.4. The van der Waals surface area contributed by atoms with Crippen molar-refractivity contribution in [2.45, 2.75) is 13.8 Å². The smallest absolute Gasteiger partial charge is 0.323 e. The van der Waals surface area contributed by atoms with Crippen molar-refractivity contribution in [1.29, 1.82) is 0 Å². The highest BCUT2D eigenvalue weighted by Crippen LogP contribution is 2.29. The first-order valence-electron chi connectivity index (χ1n) is 9.15. The molecule has 3 rings (SSSR count). The number of nitro groups is 1. The van der Waals surface area contributed by atoms with Gasteiger partial charge in [-0.3, -0.25) is 14.9 Å². The summed E-state index contributed by atoms with van der Waals surface area (Å²) in [6.07, 6.45) is 2.93. The number of non-ortho nitro benzene ring substituents is 1. The van der Waals surface area contributed by atoms with E-state index in [1.807, 2.05) is 19.9 Å². The van der Waals surface area contributed by atoms with Crippen LogP contribution in [0.2, 0.25) is 0 Å². The summed E-state index contributed by atoms with van der Waals surface area (Å²) in [6.45, 7) is 5.48. The van der Waals surface area contributed by atoms with Crippen molar-refractivity contribution in [2.24, 2.45) is 0 Å². The van der Waals surface area contributed by atoms with E-state index in [1.165, 1.54) is 18.2 Å². The number of rotatable bonds is 7. The fourth-order valence-corrected chi connectivity index (χ4v) is 3.05. The van der Waals surface area contributed by atoms with Crippen molar-refractivity contribution in [2.75, 3.05) is 23.3 Å². The summed E-state index contributed by atoms with van der Waals surface area (Å²) < 4.78 is 0. The van der Waals surface area contributed by atoms with Crippen LogP contribution in [0.15, 0.2) is 47.3 Å². The van der Waals surface area contributed by atoms with Crippen molar-refractivity contribution in [3.8, 4) is 0 Å². The SMILES string of the molecule is CCN(CC)c1cc2[nH]c(=O)[nH]c2cc1NC(=O)/C=C/c1ccc([N+](=O)[O-])cc1. The van der Waals surface area contributed by atoms with Crippen LogP contribution in [0.1, 0.15) is 19.4 Å². The van der Waals surface area contributed by atoms with Crippen LogP contribution in [0, 0.1) is 10.1 Å². The molecule has 0 fully saturated rings. The zero-order valence-electron chi connectivity index (χ0n) is 16.1. The van der Waals surface area contributed by atoms with Gasteiger partial charge in [-0.2, -0.15) is 0 Å². The van der Waals surface area contributed by atoms with Crippen molar-refractivity contribution in [3.63, 3.8) is 0 Å². The quantitative estimate of drug-likeness (QED) is 0.322. The van der Waals surface area contributed by atoms with E-state index < -0.39 is 4.92 Å². The largest absolute Gasteiger partial charge is 0.370 e. The summed E-state index contributed by atoms with van der Waals surface area (Å²) in [4.78, 5) is 41.8. The number of carbonyl (C=O) groups excluding carboxylic acids is 1. The Morgan fingerprint density at radius 2 is 1.76 bits per heavy atom. The van der Waals surface area contributed by atoms with E-state index in [4.69, 9.17) is 0 Å². The number of benzene rings is 2. The van der Waals surface area contributed by atoms with Gasteiger partial charge >= 0.3 is 5.69 Å². The molecule has 0 aliphatic heterocycles. The third-order valence-electron chi connectivity index (χ3n) is 4.53. The Hall–Kier alpha value is -3.88. The Balaban J connectivity index is 1.85. The molecule has 1 heterocycles. The maximum Gasteiger partial charge on any atom is 0.323 e. The standard InChI is InChI=1S/C20H21N5O4/c1-3-24(4-2)18-12-16-15(22-20(27)23-16)11-17(18)21-19(26)10-7-13-5-8-14(9-6-13)25(28)29/h5-12H,3-4H2,1-2H3,(H,21,26)(H2,22,23,27)/b10-7+. The minimum absolute atomic E-state index is 0.00994. The van der Waals surface area contributed by atoms with Crippen LogP contribution in [-0.4, -0.2) is 33.9 Å². The Kier molecular flexibility index (Phi) is 5.77. The van der Waals surface area contributed by atoms with Gasteiger partial charge in [0.15, 0.2) is 0 Å². The average Bonchev–Trinajstić information content (AvgIpc) is 3.06. The van der Waals surface area contributed by atoms with Gasteiger partial charge in [0.25, 0.3) is 5.69 Å². The number of imidazole rings is 1. The topological polar surface area (TPSA) is 124 Å². The molecule has 0 radical (unpaired) electrons. The molecule has 150 valence electrons. The molecular weight excluding hydrogens is 374 g/mol. The number of hydrogen-bond donors (Lipinski definition) is 3. The van der Waals surface area contributed by atoms with Gasteiger partial charge in [-0.05, 0) is 49.8 Å². The van der Waals surface area contributed by atoms with Crippen LogP contribution in [0.3, 0.4) is 0 Å².